The van der Waals surface area contributed by atoms with Crippen LogP contribution in [0.3, 0.4) is 0 Å². The van der Waals surface area contributed by atoms with E-state index in [9.17, 15) is 8.42 Å². The smallest absolute Gasteiger partial charge is 0.241 e. The average molecular weight is 295 g/mol. The lowest BCUT2D eigenvalue weighted by molar-refractivity contribution is 0.281. The van der Waals surface area contributed by atoms with Gasteiger partial charge in [0.15, 0.2) is 0 Å². The van der Waals surface area contributed by atoms with Gasteiger partial charge in [0, 0.05) is 12.4 Å². The van der Waals surface area contributed by atoms with Crippen LogP contribution in [0.15, 0.2) is 35.5 Å². The van der Waals surface area contributed by atoms with Crippen LogP contribution < -0.4 is 4.72 Å². The van der Waals surface area contributed by atoms with Gasteiger partial charge in [-0.3, -0.25) is 0 Å². The van der Waals surface area contributed by atoms with Gasteiger partial charge < -0.3 is 10.1 Å². The summed E-state index contributed by atoms with van der Waals surface area (Å²) in [5.41, 5.74) is 1.29. The number of H-pyrrole nitrogens is 1. The summed E-state index contributed by atoms with van der Waals surface area (Å²) in [6.07, 6.45) is 3.80. The summed E-state index contributed by atoms with van der Waals surface area (Å²) >= 11 is 0. The number of sulfonamides is 1. The molecule has 2 rings (SSSR count). The quantitative estimate of drug-likeness (QED) is 0.739. The van der Waals surface area contributed by atoms with Crippen LogP contribution in [-0.4, -0.2) is 23.5 Å². The molecule has 0 amide bonds. The van der Waals surface area contributed by atoms with E-state index >= 15 is 0 Å². The third-order valence-corrected chi connectivity index (χ3v) is 4.45. The molecular weight excluding hydrogens is 278 g/mol. The molecule has 1 heterocycles. The molecule has 0 aliphatic carbocycles. The first-order valence-corrected chi connectivity index (χ1v) is 7.75. The zero-order valence-corrected chi connectivity index (χ0v) is 11.9. The van der Waals surface area contributed by atoms with Crippen LogP contribution in [0.4, 0.5) is 0 Å². The van der Waals surface area contributed by atoms with E-state index in [-0.39, 0.29) is 18.0 Å². The van der Waals surface area contributed by atoms with Crippen LogP contribution in [0.25, 0.3) is 0 Å². The molecule has 1 aromatic heterocycles. The number of hydrogen-bond donors (Lipinski definition) is 3. The SMILES string of the molecule is CCc1ccc(CO)cc1S(=O)(=O)NCc1ncc[nH]1. The van der Waals surface area contributed by atoms with Gasteiger partial charge in [0.2, 0.25) is 10.0 Å². The molecule has 0 spiro atoms. The molecule has 0 bridgehead atoms. The molecule has 20 heavy (non-hydrogen) atoms. The molecule has 0 radical (unpaired) electrons. The Morgan fingerprint density at radius 2 is 2.20 bits per heavy atom. The highest BCUT2D eigenvalue weighted by molar-refractivity contribution is 7.89. The van der Waals surface area contributed by atoms with Crippen molar-refractivity contribution in [2.45, 2.75) is 31.4 Å². The highest BCUT2D eigenvalue weighted by atomic mass is 32.2. The molecule has 1 aromatic carbocycles. The molecule has 7 heteroatoms. The first kappa shape index (κ1) is 14.7. The van der Waals surface area contributed by atoms with Crippen molar-refractivity contribution in [3.63, 3.8) is 0 Å². The monoisotopic (exact) mass is 295 g/mol. The van der Waals surface area contributed by atoms with E-state index in [1.807, 2.05) is 6.92 Å². The van der Waals surface area contributed by atoms with E-state index in [2.05, 4.69) is 14.7 Å². The normalized spacial score (nSPS) is 11.7. The summed E-state index contributed by atoms with van der Waals surface area (Å²) < 4.78 is 27.2. The number of rotatable bonds is 6. The Bertz CT molecular complexity index is 666. The highest BCUT2D eigenvalue weighted by Crippen LogP contribution is 2.18. The third kappa shape index (κ3) is 3.24. The molecule has 0 aliphatic heterocycles. The standard InChI is InChI=1S/C13H17N3O3S/c1-2-11-4-3-10(9-17)7-12(11)20(18,19)16-8-13-14-5-6-15-13/h3-7,16-17H,2,8-9H2,1H3,(H,14,15). The molecule has 0 atom stereocenters. The van der Waals surface area contributed by atoms with Crippen molar-refractivity contribution >= 4 is 10.0 Å². The van der Waals surface area contributed by atoms with Gasteiger partial charge in [-0.2, -0.15) is 0 Å². The minimum absolute atomic E-state index is 0.0990. The van der Waals surface area contributed by atoms with Crippen LogP contribution in [0.1, 0.15) is 23.9 Å². The number of imidazole rings is 1. The summed E-state index contributed by atoms with van der Waals surface area (Å²) in [6.45, 7) is 1.80. The minimum Gasteiger partial charge on any atom is -0.392 e. The van der Waals surface area contributed by atoms with Gasteiger partial charge in [-0.05, 0) is 23.6 Å². The number of aryl methyl sites for hydroxylation is 1. The minimum atomic E-state index is -3.63. The number of nitrogens with one attached hydrogen (secondary N) is 2. The fraction of sp³-hybridized carbons (Fsp3) is 0.308. The van der Waals surface area contributed by atoms with Gasteiger partial charge in [-0.15, -0.1) is 0 Å². The van der Waals surface area contributed by atoms with Crippen molar-refractivity contribution in [2.24, 2.45) is 0 Å². The number of aromatic amines is 1. The number of benzene rings is 1. The second kappa shape index (κ2) is 6.17. The Hall–Kier alpha value is -1.70. The zero-order chi connectivity index (χ0) is 14.6. The maximum atomic E-state index is 12.3. The predicted octanol–water partition coefficient (Wildman–Crippen LogP) is 0.943. The van der Waals surface area contributed by atoms with Crippen molar-refractivity contribution < 1.29 is 13.5 Å². The molecule has 0 saturated heterocycles. The molecule has 0 fully saturated rings. The maximum absolute atomic E-state index is 12.3. The van der Waals surface area contributed by atoms with E-state index in [0.717, 1.165) is 0 Å². The van der Waals surface area contributed by atoms with Gasteiger partial charge in [0.1, 0.15) is 5.82 Å². The zero-order valence-electron chi connectivity index (χ0n) is 11.1. The van der Waals surface area contributed by atoms with Crippen LogP contribution in [0.2, 0.25) is 0 Å². The number of nitrogens with zero attached hydrogens (tertiary/aromatic N) is 1. The second-order valence-electron chi connectivity index (χ2n) is 4.31. The Morgan fingerprint density at radius 1 is 1.40 bits per heavy atom. The predicted molar refractivity (Wildman–Crippen MR) is 74.4 cm³/mol. The lowest BCUT2D eigenvalue weighted by atomic mass is 10.1. The average Bonchev–Trinajstić information content (AvgIpc) is 2.98. The van der Waals surface area contributed by atoms with E-state index in [1.54, 1.807) is 24.5 Å². The first-order valence-electron chi connectivity index (χ1n) is 6.27. The third-order valence-electron chi connectivity index (χ3n) is 2.97. The molecule has 6 nitrogen and oxygen atoms in total. The number of aromatic nitrogens is 2. The molecule has 3 N–H and O–H groups in total. The highest BCUT2D eigenvalue weighted by Gasteiger charge is 2.18. The fourth-order valence-corrected chi connectivity index (χ4v) is 3.22. The summed E-state index contributed by atoms with van der Waals surface area (Å²) in [5, 5.41) is 9.14. The summed E-state index contributed by atoms with van der Waals surface area (Å²) in [4.78, 5) is 7.01. The number of hydrogen-bond acceptors (Lipinski definition) is 4. The largest absolute Gasteiger partial charge is 0.392 e. The second-order valence-corrected chi connectivity index (χ2v) is 6.05. The van der Waals surface area contributed by atoms with E-state index in [0.29, 0.717) is 23.4 Å². The van der Waals surface area contributed by atoms with Crippen LogP contribution in [0, 0.1) is 0 Å². The van der Waals surface area contributed by atoms with Gasteiger partial charge >= 0.3 is 0 Å². The number of aliphatic hydroxyl groups is 1. The van der Waals surface area contributed by atoms with Crippen LogP contribution in [0.5, 0.6) is 0 Å². The Morgan fingerprint density at radius 3 is 2.80 bits per heavy atom. The van der Waals surface area contributed by atoms with E-state index in [4.69, 9.17) is 5.11 Å². The molecule has 0 unspecified atom stereocenters. The molecule has 2 aromatic rings. The number of aliphatic hydroxyl groups excluding tert-OH is 1. The summed E-state index contributed by atoms with van der Waals surface area (Å²) in [6, 6.07) is 4.96. The van der Waals surface area contributed by atoms with Crippen LogP contribution >= 0.6 is 0 Å². The summed E-state index contributed by atoms with van der Waals surface area (Å²) in [7, 11) is -3.63. The lowest BCUT2D eigenvalue weighted by Gasteiger charge is -2.11. The van der Waals surface area contributed by atoms with Crippen molar-refractivity contribution in [1.82, 2.24) is 14.7 Å². The van der Waals surface area contributed by atoms with Crippen molar-refractivity contribution in [1.29, 1.82) is 0 Å². The van der Waals surface area contributed by atoms with Gasteiger partial charge in [-0.1, -0.05) is 19.1 Å². The fourth-order valence-electron chi connectivity index (χ4n) is 1.88. The van der Waals surface area contributed by atoms with Gasteiger partial charge in [0.05, 0.1) is 18.0 Å². The first-order chi connectivity index (χ1) is 9.56. The Labute approximate surface area is 117 Å². The van der Waals surface area contributed by atoms with Crippen molar-refractivity contribution in [3.05, 3.63) is 47.5 Å². The van der Waals surface area contributed by atoms with Crippen molar-refractivity contribution in [3.8, 4) is 0 Å². The maximum Gasteiger partial charge on any atom is 0.241 e. The van der Waals surface area contributed by atoms with E-state index in [1.165, 1.54) is 6.07 Å². The molecular formula is C13H17N3O3S. The summed E-state index contributed by atoms with van der Waals surface area (Å²) in [5.74, 6) is 0.546. The topological polar surface area (TPSA) is 95.1 Å². The molecule has 108 valence electrons. The Balaban J connectivity index is 2.28. The van der Waals surface area contributed by atoms with Gasteiger partial charge in [0.25, 0.3) is 0 Å². The molecule has 0 saturated carbocycles. The van der Waals surface area contributed by atoms with E-state index < -0.39 is 10.0 Å². The van der Waals surface area contributed by atoms with Gasteiger partial charge in [-0.25, -0.2) is 18.1 Å². The van der Waals surface area contributed by atoms with Crippen LogP contribution in [-0.2, 0) is 29.6 Å². The Kier molecular flexibility index (Phi) is 4.53. The van der Waals surface area contributed by atoms with Crippen molar-refractivity contribution in [2.75, 3.05) is 0 Å². The lowest BCUT2D eigenvalue weighted by Crippen LogP contribution is -2.25. The molecule has 0 aliphatic rings.